The molecule has 0 saturated carbocycles. The number of amides is 1. The van der Waals surface area contributed by atoms with Gasteiger partial charge in [-0.3, -0.25) is 9.59 Å². The number of aromatic nitrogens is 2. The molecule has 20 heavy (non-hydrogen) atoms. The summed E-state index contributed by atoms with van der Waals surface area (Å²) in [4.78, 5) is 29.5. The fourth-order valence-electron chi connectivity index (χ4n) is 1.80. The average Bonchev–Trinajstić information content (AvgIpc) is 2.35. The Balaban J connectivity index is 1.94. The molecule has 0 atom stereocenters. The number of nitrogens with zero attached hydrogens (tertiary/aromatic N) is 1. The summed E-state index contributed by atoms with van der Waals surface area (Å²) < 4.78 is 0. The van der Waals surface area contributed by atoms with Crippen LogP contribution >= 0.6 is 11.8 Å². The van der Waals surface area contributed by atoms with Crippen molar-refractivity contribution in [2.24, 2.45) is 0 Å². The van der Waals surface area contributed by atoms with Gasteiger partial charge in [0, 0.05) is 18.0 Å². The number of aromatic amines is 1. The molecule has 0 aliphatic carbocycles. The first-order valence-corrected chi connectivity index (χ1v) is 7.08. The molecule has 1 heterocycles. The number of nitrogens with one attached hydrogen (secondary N) is 2. The van der Waals surface area contributed by atoms with Crippen LogP contribution in [0, 0.1) is 13.8 Å². The highest BCUT2D eigenvalue weighted by Crippen LogP contribution is 2.15. The normalized spacial score (nSPS) is 10.3. The summed E-state index contributed by atoms with van der Waals surface area (Å²) in [6.45, 7) is 3.96. The zero-order valence-electron chi connectivity index (χ0n) is 11.3. The van der Waals surface area contributed by atoms with Crippen molar-refractivity contribution in [3.05, 3.63) is 51.9 Å². The third-order valence-corrected chi connectivity index (χ3v) is 3.38. The zero-order chi connectivity index (χ0) is 14.5. The Bertz CT molecular complexity index is 662. The molecule has 5 nitrogen and oxygen atoms in total. The van der Waals surface area contributed by atoms with Crippen LogP contribution in [0.15, 0.2) is 40.4 Å². The number of carbonyl (C=O) groups excluding carboxylic acids is 1. The lowest BCUT2D eigenvalue weighted by Gasteiger charge is -2.07. The molecule has 0 fully saturated rings. The standard InChI is InChI=1S/C14H15N3O2S/c1-9-5-10(2)7-11(6-9)16-13(19)8-20-14-15-4-3-12(18)17-14/h3-7H,8H2,1-2H3,(H,16,19)(H,15,17,18). The van der Waals surface area contributed by atoms with Gasteiger partial charge in [-0.15, -0.1) is 0 Å². The Hall–Kier alpha value is -2.08. The van der Waals surface area contributed by atoms with Crippen LogP contribution in [0.2, 0.25) is 0 Å². The smallest absolute Gasteiger partial charge is 0.251 e. The van der Waals surface area contributed by atoms with E-state index in [0.717, 1.165) is 16.8 Å². The van der Waals surface area contributed by atoms with Crippen LogP contribution in [0.4, 0.5) is 5.69 Å². The van der Waals surface area contributed by atoms with Gasteiger partial charge in [0.2, 0.25) is 5.91 Å². The molecule has 2 aromatic rings. The van der Waals surface area contributed by atoms with Gasteiger partial charge < -0.3 is 10.3 Å². The first kappa shape index (κ1) is 14.3. The number of benzene rings is 1. The fraction of sp³-hybridized carbons (Fsp3) is 0.214. The van der Waals surface area contributed by atoms with Gasteiger partial charge >= 0.3 is 0 Å². The molecule has 0 spiro atoms. The Morgan fingerprint density at radius 3 is 2.65 bits per heavy atom. The van der Waals surface area contributed by atoms with Crippen molar-refractivity contribution in [1.29, 1.82) is 0 Å². The summed E-state index contributed by atoms with van der Waals surface area (Å²) in [6, 6.07) is 7.21. The van der Waals surface area contributed by atoms with E-state index in [1.807, 2.05) is 32.0 Å². The Morgan fingerprint density at radius 2 is 2.00 bits per heavy atom. The van der Waals surface area contributed by atoms with Gasteiger partial charge in [-0.1, -0.05) is 17.8 Å². The van der Waals surface area contributed by atoms with Crippen molar-refractivity contribution in [1.82, 2.24) is 9.97 Å². The highest BCUT2D eigenvalue weighted by Gasteiger charge is 2.05. The van der Waals surface area contributed by atoms with E-state index >= 15 is 0 Å². The van der Waals surface area contributed by atoms with E-state index in [0.29, 0.717) is 5.16 Å². The maximum atomic E-state index is 11.8. The Kier molecular flexibility index (Phi) is 4.57. The number of H-pyrrole nitrogens is 1. The average molecular weight is 289 g/mol. The predicted molar refractivity (Wildman–Crippen MR) is 80.1 cm³/mol. The van der Waals surface area contributed by atoms with Gasteiger partial charge in [0.15, 0.2) is 5.16 Å². The first-order chi connectivity index (χ1) is 9.52. The summed E-state index contributed by atoms with van der Waals surface area (Å²) in [7, 11) is 0. The third-order valence-electron chi connectivity index (χ3n) is 2.49. The summed E-state index contributed by atoms with van der Waals surface area (Å²) in [6.07, 6.45) is 1.42. The number of rotatable bonds is 4. The van der Waals surface area contributed by atoms with Gasteiger partial charge in [0.05, 0.1) is 5.75 Å². The van der Waals surface area contributed by atoms with E-state index < -0.39 is 0 Å². The van der Waals surface area contributed by atoms with Gasteiger partial charge in [-0.05, 0) is 37.1 Å². The molecule has 2 rings (SSSR count). The number of anilines is 1. The first-order valence-electron chi connectivity index (χ1n) is 6.09. The highest BCUT2D eigenvalue weighted by molar-refractivity contribution is 7.99. The number of aryl methyl sites for hydroxylation is 2. The van der Waals surface area contributed by atoms with Gasteiger partial charge in [0.25, 0.3) is 5.56 Å². The molecular formula is C14H15N3O2S. The second-order valence-corrected chi connectivity index (χ2v) is 5.42. The highest BCUT2D eigenvalue weighted by atomic mass is 32.2. The lowest BCUT2D eigenvalue weighted by molar-refractivity contribution is -0.113. The number of carbonyl (C=O) groups is 1. The van der Waals surface area contributed by atoms with Crippen LogP contribution in [0.1, 0.15) is 11.1 Å². The quantitative estimate of drug-likeness (QED) is 0.668. The zero-order valence-corrected chi connectivity index (χ0v) is 12.1. The fourth-order valence-corrected chi connectivity index (χ4v) is 2.45. The number of hydrogen-bond donors (Lipinski definition) is 2. The monoisotopic (exact) mass is 289 g/mol. The molecule has 1 amide bonds. The predicted octanol–water partition coefficient (Wildman–Crippen LogP) is 2.12. The van der Waals surface area contributed by atoms with Crippen LogP contribution in [0.5, 0.6) is 0 Å². The largest absolute Gasteiger partial charge is 0.325 e. The molecule has 0 aliphatic heterocycles. The van der Waals surface area contributed by atoms with Gasteiger partial charge in [-0.25, -0.2) is 4.98 Å². The van der Waals surface area contributed by atoms with Crippen molar-refractivity contribution in [2.75, 3.05) is 11.1 Å². The minimum absolute atomic E-state index is 0.133. The number of hydrogen-bond acceptors (Lipinski definition) is 4. The summed E-state index contributed by atoms with van der Waals surface area (Å²) >= 11 is 1.19. The van der Waals surface area contributed by atoms with E-state index in [1.54, 1.807) is 0 Å². The molecule has 6 heteroatoms. The van der Waals surface area contributed by atoms with Gasteiger partial charge in [-0.2, -0.15) is 0 Å². The molecule has 104 valence electrons. The lowest BCUT2D eigenvalue weighted by Crippen LogP contribution is -2.15. The second kappa shape index (κ2) is 6.38. The van der Waals surface area contributed by atoms with Gasteiger partial charge in [0.1, 0.15) is 0 Å². The summed E-state index contributed by atoms with van der Waals surface area (Å²) in [5.41, 5.74) is 2.75. The minimum Gasteiger partial charge on any atom is -0.325 e. The molecule has 1 aromatic heterocycles. The second-order valence-electron chi connectivity index (χ2n) is 4.45. The van der Waals surface area contributed by atoms with E-state index in [4.69, 9.17) is 0 Å². The van der Waals surface area contributed by atoms with Crippen molar-refractivity contribution >= 4 is 23.4 Å². The lowest BCUT2D eigenvalue weighted by atomic mass is 10.1. The minimum atomic E-state index is -0.225. The van der Waals surface area contributed by atoms with E-state index in [-0.39, 0.29) is 17.2 Å². The van der Waals surface area contributed by atoms with Crippen LogP contribution in [0.3, 0.4) is 0 Å². The maximum absolute atomic E-state index is 11.8. The van der Waals surface area contributed by atoms with Crippen molar-refractivity contribution < 1.29 is 4.79 Å². The SMILES string of the molecule is Cc1cc(C)cc(NC(=O)CSc2nccc(=O)[nH]2)c1. The Labute approximate surface area is 120 Å². The molecule has 0 aliphatic rings. The van der Waals surface area contributed by atoms with Crippen LogP contribution in [0.25, 0.3) is 0 Å². The van der Waals surface area contributed by atoms with E-state index in [9.17, 15) is 9.59 Å². The number of thioether (sulfide) groups is 1. The van der Waals surface area contributed by atoms with Crippen LogP contribution in [-0.2, 0) is 4.79 Å². The molecule has 1 aromatic carbocycles. The maximum Gasteiger partial charge on any atom is 0.251 e. The van der Waals surface area contributed by atoms with Crippen molar-refractivity contribution in [3.63, 3.8) is 0 Å². The van der Waals surface area contributed by atoms with Crippen LogP contribution in [-0.4, -0.2) is 21.6 Å². The van der Waals surface area contributed by atoms with Crippen LogP contribution < -0.4 is 10.9 Å². The molecule has 0 bridgehead atoms. The summed E-state index contributed by atoms with van der Waals surface area (Å²) in [5.74, 6) is 0.0615. The third kappa shape index (κ3) is 4.24. The Morgan fingerprint density at radius 1 is 1.30 bits per heavy atom. The molecule has 2 N–H and O–H groups in total. The molecular weight excluding hydrogens is 274 g/mol. The molecule has 0 saturated heterocycles. The van der Waals surface area contributed by atoms with Crippen molar-refractivity contribution in [2.45, 2.75) is 19.0 Å². The van der Waals surface area contributed by atoms with E-state index in [1.165, 1.54) is 24.0 Å². The van der Waals surface area contributed by atoms with E-state index in [2.05, 4.69) is 15.3 Å². The van der Waals surface area contributed by atoms with Crippen molar-refractivity contribution in [3.8, 4) is 0 Å². The summed E-state index contributed by atoms with van der Waals surface area (Å²) in [5, 5.41) is 3.27. The molecule has 0 radical (unpaired) electrons. The molecule has 0 unspecified atom stereocenters. The topological polar surface area (TPSA) is 74.8 Å².